The van der Waals surface area contributed by atoms with Crippen molar-refractivity contribution in [3.8, 4) is 0 Å². The molecule has 0 bridgehead atoms. The molecule has 128 valence electrons. The lowest BCUT2D eigenvalue weighted by Crippen LogP contribution is -1.94. The summed E-state index contributed by atoms with van der Waals surface area (Å²) in [6.07, 6.45) is 10.8. The summed E-state index contributed by atoms with van der Waals surface area (Å²) in [5.41, 5.74) is 2.40. The third kappa shape index (κ3) is 7.14. The maximum Gasteiger partial charge on any atom is 0.201 e. The van der Waals surface area contributed by atoms with Gasteiger partial charge in [-0.15, -0.1) is 0 Å². The molecule has 0 radical (unpaired) electrons. The highest BCUT2D eigenvalue weighted by atomic mass is 79.9. The van der Waals surface area contributed by atoms with Crippen molar-refractivity contribution in [3.63, 3.8) is 0 Å². The van der Waals surface area contributed by atoms with E-state index in [0.717, 1.165) is 17.8 Å². The number of hydrogen-bond donors (Lipinski definition) is 0. The molecule has 0 saturated heterocycles. The van der Waals surface area contributed by atoms with Gasteiger partial charge < -0.3 is 4.42 Å². The Balaban J connectivity index is 0.000000300. The summed E-state index contributed by atoms with van der Waals surface area (Å²) in [6.45, 7) is 10.2. The summed E-state index contributed by atoms with van der Waals surface area (Å²) >= 11 is 3.33. The summed E-state index contributed by atoms with van der Waals surface area (Å²) < 4.78 is 5.55. The highest BCUT2D eigenvalue weighted by Crippen LogP contribution is 2.23. The highest BCUT2D eigenvalue weighted by Gasteiger charge is 2.13. The van der Waals surface area contributed by atoms with Gasteiger partial charge in [0.2, 0.25) is 5.89 Å². The Morgan fingerprint density at radius 1 is 1.29 bits per heavy atom. The molecule has 0 spiro atoms. The molecule has 0 N–H and O–H groups in total. The van der Waals surface area contributed by atoms with Crippen molar-refractivity contribution in [1.82, 2.24) is 4.98 Å². The van der Waals surface area contributed by atoms with E-state index in [1.165, 1.54) is 5.56 Å². The van der Waals surface area contributed by atoms with Crippen molar-refractivity contribution in [2.45, 2.75) is 38.4 Å². The van der Waals surface area contributed by atoms with Gasteiger partial charge >= 0.3 is 0 Å². The zero-order chi connectivity index (χ0) is 17.8. The maximum absolute atomic E-state index is 5.55. The molecule has 0 aliphatic heterocycles. The van der Waals surface area contributed by atoms with Crippen LogP contribution in [0, 0.1) is 0 Å². The number of nitrogens with zero attached hydrogens (tertiary/aromatic N) is 1. The molecule has 0 saturated carbocycles. The molecule has 0 aliphatic rings. The van der Waals surface area contributed by atoms with Gasteiger partial charge in [-0.1, -0.05) is 84.1 Å². The average Bonchev–Trinajstić information content (AvgIpc) is 3.11. The zero-order valence-electron chi connectivity index (χ0n) is 14.7. The topological polar surface area (TPSA) is 26.0 Å². The Bertz CT molecular complexity index is 655. The fourth-order valence-electron chi connectivity index (χ4n) is 1.89. The molecule has 24 heavy (non-hydrogen) atoms. The molecule has 1 heterocycles. The van der Waals surface area contributed by atoms with E-state index in [0.29, 0.717) is 11.2 Å². The first-order chi connectivity index (χ1) is 11.6. The highest BCUT2D eigenvalue weighted by molar-refractivity contribution is 9.08. The van der Waals surface area contributed by atoms with Gasteiger partial charge in [0.25, 0.3) is 0 Å². The van der Waals surface area contributed by atoms with Crippen LogP contribution in [0.2, 0.25) is 0 Å². The van der Waals surface area contributed by atoms with Gasteiger partial charge in [-0.2, -0.15) is 0 Å². The van der Waals surface area contributed by atoms with E-state index in [1.807, 2.05) is 44.2 Å². The van der Waals surface area contributed by atoms with Crippen LogP contribution < -0.4 is 0 Å². The number of oxazole rings is 1. The van der Waals surface area contributed by atoms with Crippen LogP contribution in [0.15, 0.2) is 77.4 Å². The molecule has 2 aromatic rings. The smallest absolute Gasteiger partial charge is 0.201 e. The van der Waals surface area contributed by atoms with Crippen LogP contribution in [-0.2, 0) is 11.8 Å². The van der Waals surface area contributed by atoms with Crippen molar-refractivity contribution in [1.29, 1.82) is 0 Å². The van der Waals surface area contributed by atoms with Crippen LogP contribution in [0.25, 0.3) is 0 Å². The number of aromatic nitrogens is 1. The molecule has 2 nitrogen and oxygen atoms in total. The van der Waals surface area contributed by atoms with E-state index in [9.17, 15) is 0 Å². The minimum absolute atomic E-state index is 0.106. The first-order valence-corrected chi connectivity index (χ1v) is 9.27. The molecule has 2 rings (SSSR count). The second kappa shape index (κ2) is 11.6. The lowest BCUT2D eigenvalue weighted by molar-refractivity contribution is 0.456. The van der Waals surface area contributed by atoms with Crippen molar-refractivity contribution in [3.05, 3.63) is 90.2 Å². The number of benzene rings is 1. The Hall–Kier alpha value is -1.87. The van der Waals surface area contributed by atoms with Gasteiger partial charge in [0.15, 0.2) is 0 Å². The number of hydrogen-bond acceptors (Lipinski definition) is 2. The molecule has 0 aliphatic carbocycles. The van der Waals surface area contributed by atoms with Gasteiger partial charge in [0.1, 0.15) is 5.76 Å². The normalized spacial score (nSPS) is 12.2. The van der Waals surface area contributed by atoms with Crippen LogP contribution in [0.4, 0.5) is 0 Å². The third-order valence-corrected chi connectivity index (χ3v) is 4.05. The van der Waals surface area contributed by atoms with Crippen LogP contribution in [-0.4, -0.2) is 4.98 Å². The number of aryl methyl sites for hydroxylation is 1. The van der Waals surface area contributed by atoms with E-state index in [4.69, 9.17) is 4.42 Å². The second-order valence-corrected chi connectivity index (χ2v) is 5.88. The quantitative estimate of drug-likeness (QED) is 0.411. The first-order valence-electron chi connectivity index (χ1n) is 8.15. The largest absolute Gasteiger partial charge is 0.444 e. The van der Waals surface area contributed by atoms with E-state index in [2.05, 4.69) is 58.7 Å². The van der Waals surface area contributed by atoms with Crippen LogP contribution in [0.1, 0.15) is 43.9 Å². The number of alkyl halides is 1. The standard InChI is InChI=1S/C13H16BrNO.C8H10/c1-4-5-6-7-10(2)11(3)13-15-9-12(8-14)16-13;1-2-8-6-4-3-5-7-8/h4-7,9,11H,2,8H2,1,3H3;3-7H,2H2,1H3/b5-4-,7-6-;. The molecule has 1 atom stereocenters. The summed E-state index contributed by atoms with van der Waals surface area (Å²) in [4.78, 5) is 4.23. The number of allylic oxidation sites excluding steroid dienone is 5. The summed E-state index contributed by atoms with van der Waals surface area (Å²) in [5, 5.41) is 0.688. The Labute approximate surface area is 154 Å². The molecule has 3 heteroatoms. The summed E-state index contributed by atoms with van der Waals surface area (Å²) in [5.74, 6) is 1.66. The molecule has 1 aromatic carbocycles. The van der Waals surface area contributed by atoms with Crippen molar-refractivity contribution in [2.24, 2.45) is 0 Å². The van der Waals surface area contributed by atoms with Gasteiger partial charge in [-0.25, -0.2) is 4.98 Å². The van der Waals surface area contributed by atoms with Crippen LogP contribution >= 0.6 is 15.9 Å². The Kier molecular flexibility index (Phi) is 9.78. The molecule has 0 fully saturated rings. The minimum Gasteiger partial charge on any atom is -0.444 e. The van der Waals surface area contributed by atoms with E-state index >= 15 is 0 Å². The number of rotatable bonds is 6. The molecular weight excluding hydrogens is 362 g/mol. The van der Waals surface area contributed by atoms with Crippen molar-refractivity contribution >= 4 is 15.9 Å². The fourth-order valence-corrected chi connectivity index (χ4v) is 2.15. The van der Waals surface area contributed by atoms with Gasteiger partial charge in [-0.05, 0) is 31.4 Å². The Morgan fingerprint density at radius 2 is 2.00 bits per heavy atom. The monoisotopic (exact) mass is 387 g/mol. The van der Waals surface area contributed by atoms with Gasteiger partial charge in [-0.3, -0.25) is 0 Å². The van der Waals surface area contributed by atoms with Gasteiger partial charge in [0, 0.05) is 0 Å². The third-order valence-electron chi connectivity index (χ3n) is 3.49. The van der Waals surface area contributed by atoms with Crippen molar-refractivity contribution in [2.75, 3.05) is 0 Å². The predicted octanol–water partition coefficient (Wildman–Crippen LogP) is 6.61. The summed E-state index contributed by atoms with van der Waals surface area (Å²) in [6, 6.07) is 10.5. The lowest BCUT2D eigenvalue weighted by atomic mass is 10.0. The fraction of sp³-hybridized carbons (Fsp3) is 0.286. The molecular formula is C21H26BrNO. The van der Waals surface area contributed by atoms with Crippen LogP contribution in [0.3, 0.4) is 0 Å². The lowest BCUT2D eigenvalue weighted by Gasteiger charge is -2.06. The molecule has 0 amide bonds. The van der Waals surface area contributed by atoms with Crippen molar-refractivity contribution < 1.29 is 4.42 Å². The first kappa shape index (κ1) is 20.2. The van der Waals surface area contributed by atoms with E-state index in [1.54, 1.807) is 6.20 Å². The minimum atomic E-state index is 0.106. The summed E-state index contributed by atoms with van der Waals surface area (Å²) in [7, 11) is 0. The molecule has 1 aromatic heterocycles. The number of halogens is 1. The molecule has 1 unspecified atom stereocenters. The van der Waals surface area contributed by atoms with Gasteiger partial charge in [0.05, 0.1) is 17.4 Å². The SMILES string of the molecule is C=C(/C=C\C=C/C)C(C)c1ncc(CBr)o1.CCc1ccccc1. The maximum atomic E-state index is 5.55. The average molecular weight is 388 g/mol. The zero-order valence-corrected chi connectivity index (χ0v) is 16.3. The van der Waals surface area contributed by atoms with E-state index in [-0.39, 0.29) is 5.92 Å². The van der Waals surface area contributed by atoms with Crippen LogP contribution in [0.5, 0.6) is 0 Å². The predicted molar refractivity (Wildman–Crippen MR) is 106 cm³/mol. The van der Waals surface area contributed by atoms with E-state index < -0.39 is 0 Å². The second-order valence-electron chi connectivity index (χ2n) is 5.32. The Morgan fingerprint density at radius 3 is 2.50 bits per heavy atom.